The van der Waals surface area contributed by atoms with E-state index in [0.717, 1.165) is 37.4 Å². The number of rotatable bonds is 5. The van der Waals surface area contributed by atoms with Crippen LogP contribution < -0.4 is 0 Å². The second-order valence-electron chi connectivity index (χ2n) is 7.42. The highest BCUT2D eigenvalue weighted by atomic mass is 19.1. The Labute approximate surface area is 159 Å². The monoisotopic (exact) mass is 364 g/mol. The summed E-state index contributed by atoms with van der Waals surface area (Å²) in [4.78, 5) is 7.35. The highest BCUT2D eigenvalue weighted by Gasteiger charge is 2.23. The third-order valence-corrected chi connectivity index (χ3v) is 5.25. The molecule has 1 aliphatic rings. The molecule has 3 aromatic rings. The van der Waals surface area contributed by atoms with Crippen molar-refractivity contribution in [1.29, 1.82) is 0 Å². The molecular formula is C22H25FN4. The van der Waals surface area contributed by atoms with Gasteiger partial charge in [0.2, 0.25) is 0 Å². The van der Waals surface area contributed by atoms with Gasteiger partial charge in [-0.05, 0) is 43.1 Å². The lowest BCUT2D eigenvalue weighted by Crippen LogP contribution is -2.34. The smallest absolute Gasteiger partial charge is 0.126 e. The van der Waals surface area contributed by atoms with Gasteiger partial charge >= 0.3 is 0 Å². The van der Waals surface area contributed by atoms with Crippen LogP contribution in [0.4, 0.5) is 4.39 Å². The fourth-order valence-electron chi connectivity index (χ4n) is 3.91. The standard InChI is InChI=1S/C22H25FN4/c1-26-14-17(13-24-26)15-27-11-5-7-19(16-27)22-10-4-8-20(25-22)12-18-6-2-3-9-21(18)23/h2-4,6,8-10,13-14,19H,5,7,11-12,15-16H2,1H3. The van der Waals surface area contributed by atoms with Gasteiger partial charge in [0, 0.05) is 55.6 Å². The summed E-state index contributed by atoms with van der Waals surface area (Å²) in [6.07, 6.45) is 6.88. The highest BCUT2D eigenvalue weighted by molar-refractivity contribution is 5.25. The molecule has 0 bridgehead atoms. The molecule has 0 amide bonds. The van der Waals surface area contributed by atoms with Crippen molar-refractivity contribution < 1.29 is 4.39 Å². The van der Waals surface area contributed by atoms with E-state index in [0.29, 0.717) is 17.9 Å². The Morgan fingerprint density at radius 3 is 2.85 bits per heavy atom. The Balaban J connectivity index is 1.45. The first-order valence-corrected chi connectivity index (χ1v) is 9.56. The van der Waals surface area contributed by atoms with Gasteiger partial charge in [0.1, 0.15) is 5.82 Å². The summed E-state index contributed by atoms with van der Waals surface area (Å²) in [6.45, 7) is 3.05. The van der Waals surface area contributed by atoms with Crippen LogP contribution in [-0.2, 0) is 20.0 Å². The molecule has 1 aromatic carbocycles. The number of aromatic nitrogens is 3. The van der Waals surface area contributed by atoms with E-state index in [1.807, 2.05) is 36.1 Å². The molecule has 140 valence electrons. The lowest BCUT2D eigenvalue weighted by atomic mass is 9.93. The molecule has 0 N–H and O–H groups in total. The van der Waals surface area contributed by atoms with Gasteiger partial charge < -0.3 is 0 Å². The first-order valence-electron chi connectivity index (χ1n) is 9.56. The number of likely N-dealkylation sites (tertiary alicyclic amines) is 1. The highest BCUT2D eigenvalue weighted by Crippen LogP contribution is 2.27. The summed E-state index contributed by atoms with van der Waals surface area (Å²) in [5, 5.41) is 4.26. The van der Waals surface area contributed by atoms with Gasteiger partial charge in [-0.2, -0.15) is 5.10 Å². The minimum absolute atomic E-state index is 0.162. The summed E-state index contributed by atoms with van der Waals surface area (Å²) in [7, 11) is 1.95. The SMILES string of the molecule is Cn1cc(CN2CCCC(c3cccc(Cc4ccccc4F)n3)C2)cn1. The molecule has 0 aliphatic carbocycles. The summed E-state index contributed by atoms with van der Waals surface area (Å²) < 4.78 is 15.8. The zero-order valence-electron chi connectivity index (χ0n) is 15.7. The fraction of sp³-hybridized carbons (Fsp3) is 0.364. The van der Waals surface area contributed by atoms with Crippen molar-refractivity contribution in [2.75, 3.05) is 13.1 Å². The molecule has 0 spiro atoms. The number of benzene rings is 1. The molecule has 1 aliphatic heterocycles. The Morgan fingerprint density at radius 2 is 2.04 bits per heavy atom. The molecule has 4 nitrogen and oxygen atoms in total. The van der Waals surface area contributed by atoms with Gasteiger partial charge in [0.25, 0.3) is 0 Å². The second-order valence-corrected chi connectivity index (χ2v) is 7.42. The summed E-state index contributed by atoms with van der Waals surface area (Å²) in [5.41, 5.74) is 4.00. The molecule has 27 heavy (non-hydrogen) atoms. The van der Waals surface area contributed by atoms with Crippen molar-refractivity contribution in [2.24, 2.45) is 7.05 Å². The Hall–Kier alpha value is -2.53. The minimum atomic E-state index is -0.162. The summed E-state index contributed by atoms with van der Waals surface area (Å²) >= 11 is 0. The third kappa shape index (κ3) is 4.42. The van der Waals surface area contributed by atoms with Crippen molar-refractivity contribution >= 4 is 0 Å². The molecule has 3 heterocycles. The third-order valence-electron chi connectivity index (χ3n) is 5.25. The summed E-state index contributed by atoms with van der Waals surface area (Å²) in [5.74, 6) is 0.265. The van der Waals surface area contributed by atoms with Crippen molar-refractivity contribution in [3.63, 3.8) is 0 Å². The second kappa shape index (κ2) is 8.01. The summed E-state index contributed by atoms with van der Waals surface area (Å²) in [6, 6.07) is 13.1. The van der Waals surface area contributed by atoms with Crippen molar-refractivity contribution in [2.45, 2.75) is 31.7 Å². The first kappa shape index (κ1) is 17.9. The molecule has 1 atom stereocenters. The predicted octanol–water partition coefficient (Wildman–Crippen LogP) is 3.92. The maximum atomic E-state index is 13.9. The fourth-order valence-corrected chi connectivity index (χ4v) is 3.91. The molecule has 4 rings (SSSR count). The molecule has 0 saturated carbocycles. The van der Waals surface area contributed by atoms with Crippen LogP contribution in [0.15, 0.2) is 54.9 Å². The van der Waals surface area contributed by atoms with Crippen molar-refractivity contribution in [1.82, 2.24) is 19.7 Å². The predicted molar refractivity (Wildman–Crippen MR) is 104 cm³/mol. The van der Waals surface area contributed by atoms with E-state index in [1.54, 1.807) is 6.07 Å². The van der Waals surface area contributed by atoms with E-state index in [4.69, 9.17) is 4.98 Å². The van der Waals surface area contributed by atoms with E-state index in [9.17, 15) is 4.39 Å². The number of hydrogen-bond donors (Lipinski definition) is 0. The Kier molecular flexibility index (Phi) is 5.30. The molecule has 1 unspecified atom stereocenters. The van der Waals surface area contributed by atoms with Gasteiger partial charge in [-0.15, -0.1) is 0 Å². The minimum Gasteiger partial charge on any atom is -0.298 e. The Morgan fingerprint density at radius 1 is 1.15 bits per heavy atom. The zero-order chi connectivity index (χ0) is 18.6. The number of halogens is 1. The average Bonchev–Trinajstić information content (AvgIpc) is 3.09. The normalized spacial score (nSPS) is 17.9. The molecule has 0 radical (unpaired) electrons. The van der Waals surface area contributed by atoms with Crippen molar-refractivity contribution in [3.05, 3.63) is 83.2 Å². The van der Waals surface area contributed by atoms with Crippen molar-refractivity contribution in [3.8, 4) is 0 Å². The van der Waals surface area contributed by atoms with Crippen LogP contribution in [-0.4, -0.2) is 32.8 Å². The van der Waals surface area contributed by atoms with E-state index in [-0.39, 0.29) is 5.82 Å². The topological polar surface area (TPSA) is 34.0 Å². The van der Waals surface area contributed by atoms with Crippen LogP contribution in [0.2, 0.25) is 0 Å². The first-order chi connectivity index (χ1) is 13.2. The number of aryl methyl sites for hydroxylation is 1. The average molecular weight is 364 g/mol. The maximum Gasteiger partial charge on any atom is 0.126 e. The lowest BCUT2D eigenvalue weighted by Gasteiger charge is -2.32. The zero-order valence-corrected chi connectivity index (χ0v) is 15.7. The van der Waals surface area contributed by atoms with Gasteiger partial charge in [-0.1, -0.05) is 24.3 Å². The largest absolute Gasteiger partial charge is 0.298 e. The molecule has 2 aromatic heterocycles. The quantitative estimate of drug-likeness (QED) is 0.688. The van der Waals surface area contributed by atoms with Gasteiger partial charge in [0.15, 0.2) is 0 Å². The lowest BCUT2D eigenvalue weighted by molar-refractivity contribution is 0.198. The molecular weight excluding hydrogens is 339 g/mol. The van der Waals surface area contributed by atoms with Gasteiger partial charge in [0.05, 0.1) is 6.20 Å². The number of pyridine rings is 1. The van der Waals surface area contributed by atoms with E-state index in [2.05, 4.69) is 28.3 Å². The molecule has 5 heteroatoms. The van der Waals surface area contributed by atoms with E-state index < -0.39 is 0 Å². The van der Waals surface area contributed by atoms with Crippen LogP contribution in [0.1, 0.15) is 41.3 Å². The van der Waals surface area contributed by atoms with Crippen LogP contribution >= 0.6 is 0 Å². The van der Waals surface area contributed by atoms with Crippen LogP contribution in [0.3, 0.4) is 0 Å². The molecule has 1 saturated heterocycles. The van der Waals surface area contributed by atoms with E-state index >= 15 is 0 Å². The number of piperidine rings is 1. The van der Waals surface area contributed by atoms with Crippen LogP contribution in [0, 0.1) is 5.82 Å². The maximum absolute atomic E-state index is 13.9. The van der Waals surface area contributed by atoms with Crippen LogP contribution in [0.25, 0.3) is 0 Å². The molecule has 1 fully saturated rings. The van der Waals surface area contributed by atoms with Crippen LogP contribution in [0.5, 0.6) is 0 Å². The van der Waals surface area contributed by atoms with Gasteiger partial charge in [-0.25, -0.2) is 4.39 Å². The number of hydrogen-bond acceptors (Lipinski definition) is 3. The Bertz CT molecular complexity index is 905. The van der Waals surface area contributed by atoms with E-state index in [1.165, 1.54) is 18.1 Å². The number of nitrogens with zero attached hydrogens (tertiary/aromatic N) is 4. The van der Waals surface area contributed by atoms with Gasteiger partial charge in [-0.3, -0.25) is 14.6 Å².